The van der Waals surface area contributed by atoms with Crippen molar-refractivity contribution in [1.29, 1.82) is 0 Å². The van der Waals surface area contributed by atoms with Gasteiger partial charge in [0.15, 0.2) is 0 Å². The molecule has 0 heterocycles. The zero-order valence-corrected chi connectivity index (χ0v) is 10.9. The smallest absolute Gasteiger partial charge is 0.321 e. The van der Waals surface area contributed by atoms with E-state index in [4.69, 9.17) is 5.11 Å². The highest BCUT2D eigenvalue weighted by Gasteiger charge is 2.13. The Morgan fingerprint density at radius 3 is 2.47 bits per heavy atom. The van der Waals surface area contributed by atoms with E-state index >= 15 is 0 Å². The lowest BCUT2D eigenvalue weighted by atomic mass is 10.1. The Balaban J connectivity index is 2.49. The number of nitrogens with one attached hydrogen (secondary N) is 1. The topological polar surface area (TPSA) is 69.6 Å². The van der Waals surface area contributed by atoms with E-state index in [1.165, 1.54) is 29.2 Å². The summed E-state index contributed by atoms with van der Waals surface area (Å²) in [6.07, 6.45) is 0.000538. The van der Waals surface area contributed by atoms with Crippen molar-refractivity contribution in [3.05, 3.63) is 30.1 Å². The van der Waals surface area contributed by atoms with Crippen LogP contribution in [0.3, 0.4) is 0 Å². The van der Waals surface area contributed by atoms with Gasteiger partial charge in [0.05, 0.1) is 0 Å². The molecule has 19 heavy (non-hydrogen) atoms. The molecule has 2 N–H and O–H groups in total. The van der Waals surface area contributed by atoms with Crippen LogP contribution >= 0.6 is 0 Å². The SMILES string of the molecule is CC(CNC(=O)N(C)c1ccc(F)cc1)CC(=O)O. The molecular formula is C13H17FN2O3. The van der Waals surface area contributed by atoms with E-state index in [1.54, 1.807) is 14.0 Å². The maximum Gasteiger partial charge on any atom is 0.321 e. The second-order valence-electron chi connectivity index (χ2n) is 4.42. The molecule has 0 aliphatic heterocycles. The molecule has 0 aliphatic rings. The lowest BCUT2D eigenvalue weighted by Gasteiger charge is -2.19. The zero-order valence-electron chi connectivity index (χ0n) is 10.9. The minimum Gasteiger partial charge on any atom is -0.481 e. The van der Waals surface area contributed by atoms with Gasteiger partial charge in [-0.2, -0.15) is 0 Å². The highest BCUT2D eigenvalue weighted by molar-refractivity contribution is 5.91. The van der Waals surface area contributed by atoms with Gasteiger partial charge in [-0.15, -0.1) is 0 Å². The standard InChI is InChI=1S/C13H17FN2O3/c1-9(7-12(17)18)8-15-13(19)16(2)11-5-3-10(14)4-6-11/h3-6,9H,7-8H2,1-2H3,(H,15,19)(H,17,18). The van der Waals surface area contributed by atoms with Crippen molar-refractivity contribution in [2.75, 3.05) is 18.5 Å². The zero-order chi connectivity index (χ0) is 14.4. The lowest BCUT2D eigenvalue weighted by Crippen LogP contribution is -2.39. The molecule has 0 aliphatic carbocycles. The summed E-state index contributed by atoms with van der Waals surface area (Å²) in [6.45, 7) is 2.02. The molecule has 0 bridgehead atoms. The van der Waals surface area contributed by atoms with Crippen LogP contribution in [0, 0.1) is 11.7 Å². The number of carbonyl (C=O) groups excluding carboxylic acids is 1. The summed E-state index contributed by atoms with van der Waals surface area (Å²) in [5, 5.41) is 11.2. The van der Waals surface area contributed by atoms with Crippen LogP contribution in [0.1, 0.15) is 13.3 Å². The van der Waals surface area contributed by atoms with E-state index in [1.807, 2.05) is 0 Å². The maximum atomic E-state index is 12.8. The number of halogens is 1. The number of amides is 2. The Morgan fingerprint density at radius 2 is 1.95 bits per heavy atom. The van der Waals surface area contributed by atoms with Crippen LogP contribution < -0.4 is 10.2 Å². The van der Waals surface area contributed by atoms with Crippen molar-refractivity contribution < 1.29 is 19.1 Å². The van der Waals surface area contributed by atoms with Gasteiger partial charge in [-0.1, -0.05) is 6.92 Å². The van der Waals surface area contributed by atoms with Gasteiger partial charge in [-0.3, -0.25) is 9.69 Å². The van der Waals surface area contributed by atoms with Crippen molar-refractivity contribution >= 4 is 17.7 Å². The van der Waals surface area contributed by atoms with Crippen molar-refractivity contribution in [3.63, 3.8) is 0 Å². The molecule has 0 spiro atoms. The molecule has 6 heteroatoms. The van der Waals surface area contributed by atoms with Crippen molar-refractivity contribution in [2.24, 2.45) is 5.92 Å². The summed E-state index contributed by atoms with van der Waals surface area (Å²) in [7, 11) is 1.56. The minimum absolute atomic E-state index is 0.000538. The molecule has 1 aromatic carbocycles. The van der Waals surface area contributed by atoms with Gasteiger partial charge in [0.2, 0.25) is 0 Å². The van der Waals surface area contributed by atoms with E-state index in [9.17, 15) is 14.0 Å². The third-order valence-electron chi connectivity index (χ3n) is 2.64. The van der Waals surface area contributed by atoms with E-state index in [0.29, 0.717) is 5.69 Å². The Bertz CT molecular complexity index is 448. The van der Waals surface area contributed by atoms with E-state index in [0.717, 1.165) is 0 Å². The number of benzene rings is 1. The average Bonchev–Trinajstić information content (AvgIpc) is 2.35. The maximum absolute atomic E-state index is 12.8. The number of rotatable bonds is 5. The van der Waals surface area contributed by atoms with Crippen LogP contribution in [-0.2, 0) is 4.79 Å². The molecule has 5 nitrogen and oxygen atoms in total. The van der Waals surface area contributed by atoms with Crippen LogP contribution in [0.5, 0.6) is 0 Å². The summed E-state index contributed by atoms with van der Waals surface area (Å²) in [5.74, 6) is -1.41. The van der Waals surface area contributed by atoms with Crippen molar-refractivity contribution in [1.82, 2.24) is 5.32 Å². The molecule has 1 aromatic rings. The molecule has 0 radical (unpaired) electrons. The van der Waals surface area contributed by atoms with Gasteiger partial charge in [0.1, 0.15) is 5.82 Å². The fraction of sp³-hybridized carbons (Fsp3) is 0.385. The summed E-state index contributed by atoms with van der Waals surface area (Å²) in [4.78, 5) is 23.6. The van der Waals surface area contributed by atoms with Gasteiger partial charge >= 0.3 is 12.0 Å². The van der Waals surface area contributed by atoms with Crippen molar-refractivity contribution in [3.8, 4) is 0 Å². The predicted octanol–water partition coefficient (Wildman–Crippen LogP) is 2.08. The summed E-state index contributed by atoms with van der Waals surface area (Å²) < 4.78 is 12.8. The van der Waals surface area contributed by atoms with Crippen LogP contribution in [0.4, 0.5) is 14.9 Å². The molecule has 0 saturated heterocycles. The second kappa shape index (κ2) is 6.72. The number of nitrogens with zero attached hydrogens (tertiary/aromatic N) is 1. The van der Waals surface area contributed by atoms with E-state index in [2.05, 4.69) is 5.32 Å². The predicted molar refractivity (Wildman–Crippen MR) is 69.6 cm³/mol. The number of aliphatic carboxylic acids is 1. The molecular weight excluding hydrogens is 251 g/mol. The summed E-state index contributed by atoms with van der Waals surface area (Å²) >= 11 is 0. The van der Waals surface area contributed by atoms with E-state index < -0.39 is 5.97 Å². The quantitative estimate of drug-likeness (QED) is 0.859. The fourth-order valence-corrected chi connectivity index (χ4v) is 1.53. The Labute approximate surface area is 111 Å². The number of carboxylic acid groups (broad SMARTS) is 1. The number of hydrogen-bond donors (Lipinski definition) is 2. The number of anilines is 1. The Morgan fingerprint density at radius 1 is 1.37 bits per heavy atom. The molecule has 1 unspecified atom stereocenters. The third kappa shape index (κ3) is 4.95. The number of carbonyl (C=O) groups is 2. The van der Waals surface area contributed by atoms with Gasteiger partial charge in [0, 0.05) is 25.7 Å². The monoisotopic (exact) mass is 268 g/mol. The average molecular weight is 268 g/mol. The highest BCUT2D eigenvalue weighted by atomic mass is 19.1. The molecule has 2 amide bonds. The first-order valence-corrected chi connectivity index (χ1v) is 5.89. The normalized spacial score (nSPS) is 11.7. The molecule has 0 saturated carbocycles. The first-order valence-electron chi connectivity index (χ1n) is 5.89. The van der Waals surface area contributed by atoms with Gasteiger partial charge < -0.3 is 10.4 Å². The van der Waals surface area contributed by atoms with Gasteiger partial charge in [-0.05, 0) is 30.2 Å². The highest BCUT2D eigenvalue weighted by Crippen LogP contribution is 2.13. The van der Waals surface area contributed by atoms with E-state index in [-0.39, 0.29) is 30.7 Å². The minimum atomic E-state index is -0.895. The second-order valence-corrected chi connectivity index (χ2v) is 4.42. The third-order valence-corrected chi connectivity index (χ3v) is 2.64. The van der Waals surface area contributed by atoms with Gasteiger partial charge in [0.25, 0.3) is 0 Å². The van der Waals surface area contributed by atoms with Crippen molar-refractivity contribution in [2.45, 2.75) is 13.3 Å². The Hall–Kier alpha value is -2.11. The van der Waals surface area contributed by atoms with Crippen LogP contribution in [0.15, 0.2) is 24.3 Å². The molecule has 1 atom stereocenters. The lowest BCUT2D eigenvalue weighted by molar-refractivity contribution is -0.137. The van der Waals surface area contributed by atoms with Gasteiger partial charge in [-0.25, -0.2) is 9.18 Å². The van der Waals surface area contributed by atoms with Crippen LogP contribution in [-0.4, -0.2) is 30.7 Å². The Kier molecular flexibility index (Phi) is 5.29. The first-order chi connectivity index (χ1) is 8.90. The summed E-state index contributed by atoms with van der Waals surface area (Å²) in [5.41, 5.74) is 0.560. The number of urea groups is 1. The number of carboxylic acids is 1. The molecule has 104 valence electrons. The molecule has 0 aromatic heterocycles. The van der Waals surface area contributed by atoms with Crippen LogP contribution in [0.2, 0.25) is 0 Å². The molecule has 0 fully saturated rings. The number of hydrogen-bond acceptors (Lipinski definition) is 2. The first kappa shape index (κ1) is 14.9. The fourth-order valence-electron chi connectivity index (χ4n) is 1.53. The largest absolute Gasteiger partial charge is 0.481 e. The molecule has 1 rings (SSSR count). The summed E-state index contributed by atoms with van der Waals surface area (Å²) in [6, 6.07) is 5.17. The van der Waals surface area contributed by atoms with Crippen LogP contribution in [0.25, 0.3) is 0 Å².